The van der Waals surface area contributed by atoms with Crippen molar-refractivity contribution in [2.45, 2.75) is 64.2 Å². The van der Waals surface area contributed by atoms with Gasteiger partial charge in [-0.2, -0.15) is 4.31 Å². The average molecular weight is 399 g/mol. The number of rotatable bonds is 4. The molecule has 1 saturated heterocycles. The molecule has 4 nitrogen and oxygen atoms in total. The van der Waals surface area contributed by atoms with Crippen LogP contribution in [0.3, 0.4) is 0 Å². The molecule has 2 aliphatic rings. The average Bonchev–Trinajstić information content (AvgIpc) is 3.26. The van der Waals surface area contributed by atoms with Crippen LogP contribution in [0, 0.1) is 19.4 Å². The molecule has 0 amide bonds. The Labute approximate surface area is 169 Å². The molecule has 1 aliphatic heterocycles. The summed E-state index contributed by atoms with van der Waals surface area (Å²) in [6.07, 6.45) is 5.59. The zero-order valence-electron chi connectivity index (χ0n) is 17.2. The van der Waals surface area contributed by atoms with E-state index in [0.29, 0.717) is 24.4 Å². The number of fused-ring (bicyclic) bond motifs is 1. The van der Waals surface area contributed by atoms with E-state index in [-0.39, 0.29) is 5.41 Å². The van der Waals surface area contributed by atoms with Gasteiger partial charge < -0.3 is 4.57 Å². The Hall–Kier alpha value is -1.59. The Kier molecular flexibility index (Phi) is 4.95. The zero-order chi connectivity index (χ0) is 20.1. The Bertz CT molecular complexity index is 996. The van der Waals surface area contributed by atoms with Gasteiger partial charge in [-0.15, -0.1) is 0 Å². The SMILES string of the molecule is [CH]n1c(C)c(Cc2ccccc2S(=O)(=O)N2CCCC2)c2c1CCC(C)(C)C2. The summed E-state index contributed by atoms with van der Waals surface area (Å²) >= 11 is 0. The molecule has 0 bridgehead atoms. The smallest absolute Gasteiger partial charge is 0.243 e. The highest BCUT2D eigenvalue weighted by Crippen LogP contribution is 2.39. The summed E-state index contributed by atoms with van der Waals surface area (Å²) < 4.78 is 29.9. The third-order valence-electron chi connectivity index (χ3n) is 6.52. The molecule has 2 radical (unpaired) electrons. The van der Waals surface area contributed by atoms with Crippen molar-refractivity contribution in [2.24, 2.45) is 5.41 Å². The predicted octanol–water partition coefficient (Wildman–Crippen LogP) is 4.20. The molecule has 150 valence electrons. The van der Waals surface area contributed by atoms with Gasteiger partial charge in [-0.25, -0.2) is 8.42 Å². The fourth-order valence-electron chi connectivity index (χ4n) is 4.78. The van der Waals surface area contributed by atoms with Crippen LogP contribution in [0.4, 0.5) is 0 Å². The van der Waals surface area contributed by atoms with Gasteiger partial charge in [0.2, 0.25) is 10.0 Å². The van der Waals surface area contributed by atoms with Gasteiger partial charge in [-0.1, -0.05) is 32.0 Å². The summed E-state index contributed by atoms with van der Waals surface area (Å²) in [7, 11) is 2.94. The van der Waals surface area contributed by atoms with Crippen molar-refractivity contribution in [1.82, 2.24) is 8.87 Å². The second kappa shape index (κ2) is 7.03. The molecule has 28 heavy (non-hydrogen) atoms. The summed E-state index contributed by atoms with van der Waals surface area (Å²) in [5.41, 5.74) is 5.91. The van der Waals surface area contributed by atoms with Crippen LogP contribution in [-0.4, -0.2) is 30.4 Å². The fourth-order valence-corrected chi connectivity index (χ4v) is 6.52. The highest BCUT2D eigenvalue weighted by molar-refractivity contribution is 7.89. The number of sulfonamides is 1. The molecule has 2 heterocycles. The highest BCUT2D eigenvalue weighted by Gasteiger charge is 2.33. The van der Waals surface area contributed by atoms with Crippen LogP contribution in [0.15, 0.2) is 29.2 Å². The lowest BCUT2D eigenvalue weighted by molar-refractivity contribution is 0.311. The first kappa shape index (κ1) is 19.7. The molecule has 1 aliphatic carbocycles. The molecule has 0 unspecified atom stereocenters. The van der Waals surface area contributed by atoms with E-state index >= 15 is 0 Å². The maximum Gasteiger partial charge on any atom is 0.243 e. The van der Waals surface area contributed by atoms with E-state index in [1.807, 2.05) is 22.8 Å². The van der Waals surface area contributed by atoms with Crippen molar-refractivity contribution in [3.63, 3.8) is 0 Å². The summed E-state index contributed by atoms with van der Waals surface area (Å²) in [4.78, 5) is 0.449. The first-order valence-electron chi connectivity index (χ1n) is 10.3. The van der Waals surface area contributed by atoms with Crippen LogP contribution < -0.4 is 0 Å². The van der Waals surface area contributed by atoms with E-state index in [9.17, 15) is 8.42 Å². The van der Waals surface area contributed by atoms with Crippen molar-refractivity contribution >= 4 is 10.0 Å². The van der Waals surface area contributed by atoms with Gasteiger partial charge in [0, 0.05) is 30.9 Å². The van der Waals surface area contributed by atoms with Gasteiger partial charge in [-0.3, -0.25) is 0 Å². The van der Waals surface area contributed by atoms with Gasteiger partial charge in [0.05, 0.1) is 11.9 Å². The molecule has 0 N–H and O–H groups in total. The van der Waals surface area contributed by atoms with Gasteiger partial charge in [-0.05, 0) is 67.2 Å². The number of benzene rings is 1. The Balaban J connectivity index is 1.76. The van der Waals surface area contributed by atoms with E-state index in [1.54, 1.807) is 10.4 Å². The molecule has 1 aromatic heterocycles. The lowest BCUT2D eigenvalue weighted by Gasteiger charge is -2.30. The first-order chi connectivity index (χ1) is 13.2. The number of hydrogen-bond donors (Lipinski definition) is 0. The summed E-state index contributed by atoms with van der Waals surface area (Å²) in [5, 5.41) is 0. The topological polar surface area (TPSA) is 42.3 Å². The van der Waals surface area contributed by atoms with Crippen LogP contribution in [0.5, 0.6) is 0 Å². The third-order valence-corrected chi connectivity index (χ3v) is 8.52. The molecular formula is C23H30N2O2S. The lowest BCUT2D eigenvalue weighted by atomic mass is 9.75. The van der Waals surface area contributed by atoms with Gasteiger partial charge in [0.1, 0.15) is 0 Å². The maximum atomic E-state index is 13.2. The van der Waals surface area contributed by atoms with Crippen molar-refractivity contribution in [2.75, 3.05) is 13.1 Å². The minimum absolute atomic E-state index is 0.247. The van der Waals surface area contributed by atoms with Gasteiger partial charge in [0.25, 0.3) is 0 Å². The van der Waals surface area contributed by atoms with E-state index in [1.165, 1.54) is 16.8 Å². The Morgan fingerprint density at radius 2 is 1.82 bits per heavy atom. The van der Waals surface area contributed by atoms with Crippen molar-refractivity contribution < 1.29 is 8.42 Å². The summed E-state index contributed by atoms with van der Waals surface area (Å²) in [6.45, 7) is 7.90. The lowest BCUT2D eigenvalue weighted by Crippen LogP contribution is -2.28. The summed E-state index contributed by atoms with van der Waals surface area (Å²) in [5.74, 6) is 0. The summed E-state index contributed by atoms with van der Waals surface area (Å²) in [6, 6.07) is 7.47. The molecule has 1 aromatic carbocycles. The first-order valence-corrected chi connectivity index (χ1v) is 11.7. The molecular weight excluding hydrogens is 368 g/mol. The van der Waals surface area contributed by atoms with E-state index in [0.717, 1.165) is 43.4 Å². The van der Waals surface area contributed by atoms with Gasteiger partial charge >= 0.3 is 0 Å². The maximum absolute atomic E-state index is 13.2. The van der Waals surface area contributed by atoms with Crippen LogP contribution in [0.1, 0.15) is 61.2 Å². The highest BCUT2D eigenvalue weighted by atomic mass is 32.2. The normalized spacial score (nSPS) is 19.7. The quantitative estimate of drug-likeness (QED) is 0.774. The second-order valence-electron chi connectivity index (χ2n) is 9.10. The fraction of sp³-hybridized carbons (Fsp3) is 0.522. The van der Waals surface area contributed by atoms with E-state index in [2.05, 4.69) is 20.8 Å². The number of nitrogens with zero attached hydrogens (tertiary/aromatic N) is 2. The third kappa shape index (κ3) is 3.33. The standard InChI is InChI=1S/C23H30N2O2S/c1-17-19(20-16-23(2,3)12-11-21(20)24(17)4)15-18-9-5-6-10-22(18)28(26,27)25-13-7-8-14-25/h4-6,9-10H,7-8,11-16H2,1-3H3. The number of aromatic nitrogens is 1. The second-order valence-corrected chi connectivity index (χ2v) is 11.0. The van der Waals surface area contributed by atoms with Crippen LogP contribution >= 0.6 is 0 Å². The molecule has 4 rings (SSSR count). The Morgan fingerprint density at radius 3 is 2.54 bits per heavy atom. The van der Waals surface area contributed by atoms with Gasteiger partial charge in [0.15, 0.2) is 0 Å². The largest absolute Gasteiger partial charge is 0.341 e. The molecule has 0 saturated carbocycles. The van der Waals surface area contributed by atoms with Crippen molar-refractivity contribution in [3.8, 4) is 0 Å². The van der Waals surface area contributed by atoms with Crippen LogP contribution in [0.25, 0.3) is 0 Å². The van der Waals surface area contributed by atoms with Crippen molar-refractivity contribution in [1.29, 1.82) is 0 Å². The minimum Gasteiger partial charge on any atom is -0.341 e. The molecule has 5 heteroatoms. The molecule has 0 atom stereocenters. The van der Waals surface area contributed by atoms with E-state index in [4.69, 9.17) is 7.05 Å². The molecule has 2 aromatic rings. The van der Waals surface area contributed by atoms with Crippen molar-refractivity contribution in [3.05, 3.63) is 59.4 Å². The van der Waals surface area contributed by atoms with Crippen LogP contribution in [0.2, 0.25) is 0 Å². The predicted molar refractivity (Wildman–Crippen MR) is 112 cm³/mol. The monoisotopic (exact) mass is 398 g/mol. The van der Waals surface area contributed by atoms with E-state index < -0.39 is 10.0 Å². The molecule has 0 spiro atoms. The van der Waals surface area contributed by atoms with Crippen LogP contribution in [-0.2, 0) is 29.3 Å². The Morgan fingerprint density at radius 1 is 1.14 bits per heavy atom. The molecule has 1 fully saturated rings. The number of hydrogen-bond acceptors (Lipinski definition) is 2. The zero-order valence-corrected chi connectivity index (χ0v) is 18.0. The minimum atomic E-state index is -3.44.